The number of aryl methyl sites for hydroxylation is 3. The lowest BCUT2D eigenvalue weighted by Gasteiger charge is -2.14. The molecule has 2 aromatic rings. The van der Waals surface area contributed by atoms with Gasteiger partial charge in [0.1, 0.15) is 11.5 Å². The van der Waals surface area contributed by atoms with Crippen molar-refractivity contribution in [2.24, 2.45) is 0 Å². The summed E-state index contributed by atoms with van der Waals surface area (Å²) in [5, 5.41) is 9.86. The van der Waals surface area contributed by atoms with Crippen LogP contribution in [0.3, 0.4) is 0 Å². The Morgan fingerprint density at radius 1 is 1.04 bits per heavy atom. The van der Waals surface area contributed by atoms with E-state index in [0.29, 0.717) is 24.7 Å². The topological polar surface area (TPSA) is 96.2 Å². The van der Waals surface area contributed by atoms with Crippen LogP contribution in [0, 0.1) is 13.8 Å². The van der Waals surface area contributed by atoms with Gasteiger partial charge in [-0.25, -0.2) is 0 Å². The summed E-state index contributed by atoms with van der Waals surface area (Å²) in [4.78, 5) is 17.8. The molecule has 0 radical (unpaired) electrons. The third kappa shape index (κ3) is 6.67. The second-order valence-corrected chi connectivity index (χ2v) is 8.27. The molecule has 0 heterocycles. The van der Waals surface area contributed by atoms with Gasteiger partial charge in [0.05, 0.1) is 13.2 Å². The number of benzene rings is 2. The quantitative estimate of drug-likeness (QED) is 0.552. The highest BCUT2D eigenvalue weighted by atomic mass is 31.2. The van der Waals surface area contributed by atoms with Crippen molar-refractivity contribution in [3.05, 3.63) is 58.1 Å². The number of hydrogen-bond donors (Lipinski definition) is 3. The molecule has 0 bridgehead atoms. The van der Waals surface area contributed by atoms with Gasteiger partial charge in [-0.15, -0.1) is 0 Å². The molecule has 0 saturated heterocycles. The molecular formula is C20H27O6P. The predicted molar refractivity (Wildman–Crippen MR) is 104 cm³/mol. The van der Waals surface area contributed by atoms with Crippen LogP contribution in [0.25, 0.3) is 0 Å². The van der Waals surface area contributed by atoms with Crippen LogP contribution < -0.4 is 4.74 Å². The molecule has 0 spiro atoms. The van der Waals surface area contributed by atoms with E-state index in [2.05, 4.69) is 6.92 Å². The molecule has 0 saturated carbocycles. The van der Waals surface area contributed by atoms with Crippen molar-refractivity contribution in [1.82, 2.24) is 0 Å². The highest BCUT2D eigenvalue weighted by Crippen LogP contribution is 2.35. The molecule has 0 atom stereocenters. The minimum atomic E-state index is -4.20. The van der Waals surface area contributed by atoms with Crippen LogP contribution in [0.2, 0.25) is 0 Å². The van der Waals surface area contributed by atoms with Gasteiger partial charge in [0.25, 0.3) is 0 Å². The van der Waals surface area contributed by atoms with Gasteiger partial charge in [0.2, 0.25) is 0 Å². The number of aromatic hydroxyl groups is 1. The average molecular weight is 394 g/mol. The molecule has 7 heteroatoms. The number of ether oxygens (including phenoxy) is 2. The molecule has 0 amide bonds. The summed E-state index contributed by atoms with van der Waals surface area (Å²) >= 11 is 0. The normalized spacial score (nSPS) is 11.6. The maximum absolute atomic E-state index is 10.9. The fourth-order valence-electron chi connectivity index (χ4n) is 2.89. The van der Waals surface area contributed by atoms with Crippen LogP contribution in [0.1, 0.15) is 41.2 Å². The Labute approximate surface area is 159 Å². The van der Waals surface area contributed by atoms with E-state index in [1.807, 2.05) is 26.0 Å². The lowest BCUT2D eigenvalue weighted by molar-refractivity contribution is 0.106. The van der Waals surface area contributed by atoms with Crippen LogP contribution in [-0.4, -0.2) is 21.2 Å². The summed E-state index contributed by atoms with van der Waals surface area (Å²) in [7, 11) is -4.20. The maximum Gasteiger partial charge on any atom is 0.362 e. The van der Waals surface area contributed by atoms with E-state index in [9.17, 15) is 9.67 Å². The SMILES string of the molecule is CCCc1cc(COCc2c(C)cc(OCP(=O)(O)O)cc2C)ccc1O. The highest BCUT2D eigenvalue weighted by molar-refractivity contribution is 7.51. The first-order chi connectivity index (χ1) is 12.7. The molecule has 0 aliphatic carbocycles. The van der Waals surface area contributed by atoms with Gasteiger partial charge in [-0.05, 0) is 72.4 Å². The monoisotopic (exact) mass is 394 g/mol. The van der Waals surface area contributed by atoms with Crippen molar-refractivity contribution in [1.29, 1.82) is 0 Å². The second kappa shape index (κ2) is 9.38. The largest absolute Gasteiger partial charge is 0.508 e. The van der Waals surface area contributed by atoms with Gasteiger partial charge >= 0.3 is 7.60 Å². The molecular weight excluding hydrogens is 367 g/mol. The van der Waals surface area contributed by atoms with Gasteiger partial charge in [-0.2, -0.15) is 0 Å². The van der Waals surface area contributed by atoms with Crippen molar-refractivity contribution in [2.75, 3.05) is 6.35 Å². The molecule has 0 unspecified atom stereocenters. The standard InChI is InChI=1S/C20H27O6P/c1-4-5-17-10-16(6-7-20(17)21)11-25-12-19-14(2)8-18(9-15(19)3)26-13-27(22,23)24/h6-10,21H,4-5,11-13H2,1-3H3,(H2,22,23,24). The maximum atomic E-state index is 10.9. The molecule has 148 valence electrons. The van der Waals surface area contributed by atoms with Gasteiger partial charge in [-0.1, -0.05) is 19.4 Å². The third-order valence-corrected chi connectivity index (χ3v) is 4.71. The van der Waals surface area contributed by atoms with E-state index in [-0.39, 0.29) is 0 Å². The Hall–Kier alpha value is -1.85. The lowest BCUT2D eigenvalue weighted by atomic mass is 10.0. The van der Waals surface area contributed by atoms with Crippen LogP contribution in [-0.2, 0) is 28.9 Å². The van der Waals surface area contributed by atoms with Gasteiger partial charge in [0, 0.05) is 0 Å². The van der Waals surface area contributed by atoms with Crippen molar-refractivity contribution in [3.63, 3.8) is 0 Å². The number of phenols is 1. The number of hydrogen-bond acceptors (Lipinski definition) is 4. The molecule has 2 rings (SSSR count). The molecule has 3 N–H and O–H groups in total. The Kier molecular flexibility index (Phi) is 7.45. The van der Waals surface area contributed by atoms with Crippen molar-refractivity contribution >= 4 is 7.60 Å². The Morgan fingerprint density at radius 3 is 2.30 bits per heavy atom. The van der Waals surface area contributed by atoms with E-state index in [1.54, 1.807) is 18.2 Å². The van der Waals surface area contributed by atoms with Crippen LogP contribution >= 0.6 is 7.60 Å². The van der Waals surface area contributed by atoms with Crippen molar-refractivity contribution in [2.45, 2.75) is 46.8 Å². The molecule has 2 aromatic carbocycles. The lowest BCUT2D eigenvalue weighted by Crippen LogP contribution is -2.03. The fourth-order valence-corrected chi connectivity index (χ4v) is 3.21. The zero-order valence-electron chi connectivity index (χ0n) is 15.9. The minimum Gasteiger partial charge on any atom is -0.508 e. The summed E-state index contributed by atoms with van der Waals surface area (Å²) in [5.41, 5.74) is 4.83. The Morgan fingerprint density at radius 2 is 1.70 bits per heavy atom. The highest BCUT2D eigenvalue weighted by Gasteiger charge is 2.15. The molecule has 0 aliphatic heterocycles. The van der Waals surface area contributed by atoms with Crippen LogP contribution in [0.15, 0.2) is 30.3 Å². The first kappa shape index (κ1) is 21.5. The molecule has 6 nitrogen and oxygen atoms in total. The van der Waals surface area contributed by atoms with Crippen molar-refractivity contribution in [3.8, 4) is 11.5 Å². The summed E-state index contributed by atoms with van der Waals surface area (Å²) in [6, 6.07) is 9.03. The van der Waals surface area contributed by atoms with E-state index in [4.69, 9.17) is 19.3 Å². The summed E-state index contributed by atoms with van der Waals surface area (Å²) in [5.74, 6) is 0.748. The van der Waals surface area contributed by atoms with E-state index in [1.165, 1.54) is 0 Å². The number of phenolic OH excluding ortho intramolecular Hbond substituents is 1. The average Bonchev–Trinajstić information content (AvgIpc) is 2.58. The van der Waals surface area contributed by atoms with Crippen LogP contribution in [0.4, 0.5) is 0 Å². The van der Waals surface area contributed by atoms with Crippen molar-refractivity contribution < 1.29 is 28.9 Å². The minimum absolute atomic E-state index is 0.318. The van der Waals surface area contributed by atoms with E-state index < -0.39 is 13.9 Å². The third-order valence-electron chi connectivity index (χ3n) is 4.25. The first-order valence-corrected chi connectivity index (χ1v) is 10.7. The predicted octanol–water partition coefficient (Wildman–Crippen LogP) is 4.19. The zero-order chi connectivity index (χ0) is 20.0. The Balaban J connectivity index is 1.99. The van der Waals surface area contributed by atoms with Gasteiger partial charge in [0.15, 0.2) is 6.35 Å². The van der Waals surface area contributed by atoms with E-state index >= 15 is 0 Å². The van der Waals surface area contributed by atoms with Gasteiger partial charge in [-0.3, -0.25) is 4.57 Å². The van der Waals surface area contributed by atoms with Crippen LogP contribution in [0.5, 0.6) is 11.5 Å². The Bertz CT molecular complexity index is 804. The second-order valence-electron chi connectivity index (χ2n) is 6.68. The van der Waals surface area contributed by atoms with Gasteiger partial charge < -0.3 is 24.4 Å². The molecule has 27 heavy (non-hydrogen) atoms. The molecule has 0 aliphatic rings. The summed E-state index contributed by atoms with van der Waals surface area (Å²) < 4.78 is 22.0. The smallest absolute Gasteiger partial charge is 0.362 e. The zero-order valence-corrected chi connectivity index (χ0v) is 16.8. The fraction of sp³-hybridized carbons (Fsp3) is 0.400. The summed E-state index contributed by atoms with van der Waals surface area (Å²) in [6.45, 7) is 6.75. The first-order valence-electron chi connectivity index (χ1n) is 8.85. The van der Waals surface area contributed by atoms with E-state index in [0.717, 1.165) is 40.7 Å². The summed E-state index contributed by atoms with van der Waals surface area (Å²) in [6.07, 6.45) is 1.16. The molecule has 0 aromatic heterocycles. The molecule has 0 fully saturated rings. The number of rotatable bonds is 9.